The average Bonchev–Trinajstić information content (AvgIpc) is 3.45. The van der Waals surface area contributed by atoms with Crippen molar-refractivity contribution < 1.29 is 38.3 Å². The van der Waals surface area contributed by atoms with Crippen LogP contribution in [0.25, 0.3) is 11.3 Å². The molecule has 39 heavy (non-hydrogen) atoms. The predicted molar refractivity (Wildman–Crippen MR) is 143 cm³/mol. The van der Waals surface area contributed by atoms with Crippen LogP contribution in [-0.4, -0.2) is 60.9 Å². The second kappa shape index (κ2) is 16.2. The van der Waals surface area contributed by atoms with E-state index in [9.17, 15) is 24.4 Å². The number of furan rings is 1. The molecule has 0 saturated heterocycles. The number of hydrogen-bond acceptors (Lipinski definition) is 8. The molecule has 11 nitrogen and oxygen atoms in total. The third-order valence-electron chi connectivity index (χ3n) is 6.21. The molecule has 0 spiro atoms. The van der Waals surface area contributed by atoms with Gasteiger partial charge in [-0.1, -0.05) is 40.0 Å². The Labute approximate surface area is 228 Å². The van der Waals surface area contributed by atoms with Crippen molar-refractivity contribution in [1.82, 2.24) is 15.7 Å². The van der Waals surface area contributed by atoms with Gasteiger partial charge in [0.05, 0.1) is 37.9 Å². The number of amides is 3. The van der Waals surface area contributed by atoms with E-state index in [-0.39, 0.29) is 23.9 Å². The van der Waals surface area contributed by atoms with Crippen LogP contribution in [0.2, 0.25) is 0 Å². The minimum atomic E-state index is -0.672. The second-order valence-corrected chi connectivity index (χ2v) is 9.04. The summed E-state index contributed by atoms with van der Waals surface area (Å²) in [6, 6.07) is 7.27. The molecule has 0 fully saturated rings. The Bertz CT molecular complexity index is 1100. The van der Waals surface area contributed by atoms with Gasteiger partial charge in [-0.05, 0) is 49.6 Å². The molecule has 3 N–H and O–H groups in total. The van der Waals surface area contributed by atoms with E-state index in [1.807, 2.05) is 13.8 Å². The van der Waals surface area contributed by atoms with Crippen molar-refractivity contribution in [3.8, 4) is 17.1 Å². The Hall–Kier alpha value is -3.86. The Morgan fingerprint density at radius 2 is 1.85 bits per heavy atom. The van der Waals surface area contributed by atoms with Crippen LogP contribution >= 0.6 is 0 Å². The van der Waals surface area contributed by atoms with E-state index in [1.165, 1.54) is 13.2 Å². The Morgan fingerprint density at radius 3 is 2.49 bits per heavy atom. The minimum Gasteiger partial charge on any atom is -0.494 e. The fraction of sp³-hybridized carbons (Fsp3) is 0.500. The third-order valence-corrected chi connectivity index (χ3v) is 6.21. The monoisotopic (exact) mass is 545 g/mol. The number of carbonyl (C=O) groups excluding carboxylic acids is 4. The van der Waals surface area contributed by atoms with E-state index < -0.39 is 23.8 Å². The summed E-state index contributed by atoms with van der Waals surface area (Å²) in [6.07, 6.45) is 4.61. The van der Waals surface area contributed by atoms with Crippen molar-refractivity contribution in [3.05, 3.63) is 41.7 Å². The number of nitrogens with zero attached hydrogens (tertiary/aromatic N) is 1. The number of rotatable bonds is 17. The number of carbonyl (C=O) groups is 4. The van der Waals surface area contributed by atoms with E-state index in [0.29, 0.717) is 48.0 Å². The first-order chi connectivity index (χ1) is 18.8. The second-order valence-electron chi connectivity index (χ2n) is 9.04. The molecule has 0 aliphatic rings. The maximum absolute atomic E-state index is 12.9. The third kappa shape index (κ3) is 9.13. The lowest BCUT2D eigenvalue weighted by Gasteiger charge is -2.29. The number of methoxy groups -OCH3 is 1. The highest BCUT2D eigenvalue weighted by Crippen LogP contribution is 2.28. The topological polar surface area (TPSA) is 147 Å². The molecule has 0 saturated carbocycles. The molecule has 0 bridgehead atoms. The van der Waals surface area contributed by atoms with Gasteiger partial charge in [0.2, 0.25) is 12.3 Å². The van der Waals surface area contributed by atoms with Gasteiger partial charge >= 0.3 is 5.97 Å². The van der Waals surface area contributed by atoms with Crippen LogP contribution in [0.1, 0.15) is 80.2 Å². The number of esters is 1. The van der Waals surface area contributed by atoms with Gasteiger partial charge in [-0.15, -0.1) is 0 Å². The lowest BCUT2D eigenvalue weighted by Crippen LogP contribution is -2.47. The first-order valence-electron chi connectivity index (χ1n) is 13.2. The standard InChI is InChI=1S/C28H39N3O8/c1-5-8-9-10-22(23(7-3)31(36)18-32)26(33)29-17-30-27(34)25-12-11-24(39-25)19-14-20(28(35)37-4)16-21(15-19)38-13-6-2/h11-12,14-16,18,22-23,36H,5-10,13,17H2,1-4H3,(H,29,33)(H,30,34). The fourth-order valence-electron chi connectivity index (χ4n) is 4.17. The van der Waals surface area contributed by atoms with E-state index >= 15 is 0 Å². The number of hydrogen-bond donors (Lipinski definition) is 3. The van der Waals surface area contributed by atoms with Crippen LogP contribution in [0.5, 0.6) is 5.75 Å². The molecule has 0 aliphatic heterocycles. The Balaban J connectivity index is 2.08. The zero-order valence-electron chi connectivity index (χ0n) is 23.0. The molecule has 2 aromatic rings. The lowest BCUT2D eigenvalue weighted by atomic mass is 9.90. The van der Waals surface area contributed by atoms with Crippen molar-refractivity contribution in [2.75, 3.05) is 20.4 Å². The summed E-state index contributed by atoms with van der Waals surface area (Å²) in [7, 11) is 1.29. The normalized spacial score (nSPS) is 12.2. The van der Waals surface area contributed by atoms with Gasteiger partial charge in [-0.3, -0.25) is 19.6 Å². The van der Waals surface area contributed by atoms with Crippen LogP contribution in [-0.2, 0) is 14.3 Å². The van der Waals surface area contributed by atoms with E-state index in [2.05, 4.69) is 10.6 Å². The molecular formula is C28H39N3O8. The number of unbranched alkanes of at least 4 members (excludes halogenated alkanes) is 2. The molecule has 214 valence electrons. The largest absolute Gasteiger partial charge is 0.494 e. The number of ether oxygens (including phenoxy) is 2. The van der Waals surface area contributed by atoms with Gasteiger partial charge in [0, 0.05) is 5.56 Å². The quantitative estimate of drug-likeness (QED) is 0.0671. The van der Waals surface area contributed by atoms with Gasteiger partial charge in [-0.25, -0.2) is 9.86 Å². The highest BCUT2D eigenvalue weighted by molar-refractivity contribution is 5.93. The van der Waals surface area contributed by atoms with E-state index in [4.69, 9.17) is 13.9 Å². The summed E-state index contributed by atoms with van der Waals surface area (Å²) in [5.41, 5.74) is 0.807. The molecule has 2 rings (SSSR count). The molecule has 0 radical (unpaired) electrons. The van der Waals surface area contributed by atoms with Gasteiger partial charge in [0.15, 0.2) is 5.76 Å². The van der Waals surface area contributed by atoms with Crippen LogP contribution in [0.3, 0.4) is 0 Å². The lowest BCUT2D eigenvalue weighted by molar-refractivity contribution is -0.168. The van der Waals surface area contributed by atoms with Crippen LogP contribution in [0.4, 0.5) is 0 Å². The van der Waals surface area contributed by atoms with Gasteiger partial charge in [-0.2, -0.15) is 0 Å². The van der Waals surface area contributed by atoms with Gasteiger partial charge in [0.1, 0.15) is 11.5 Å². The first kappa shape index (κ1) is 31.4. The van der Waals surface area contributed by atoms with Crippen LogP contribution in [0.15, 0.2) is 34.7 Å². The molecule has 3 amide bonds. The number of nitrogens with one attached hydrogen (secondary N) is 2. The molecule has 2 unspecified atom stereocenters. The van der Waals surface area contributed by atoms with Crippen molar-refractivity contribution in [1.29, 1.82) is 0 Å². The highest BCUT2D eigenvalue weighted by Gasteiger charge is 2.30. The molecule has 1 heterocycles. The maximum atomic E-state index is 12.9. The zero-order chi connectivity index (χ0) is 28.8. The smallest absolute Gasteiger partial charge is 0.338 e. The molecule has 1 aromatic heterocycles. The predicted octanol–water partition coefficient (Wildman–Crippen LogP) is 4.15. The van der Waals surface area contributed by atoms with Gasteiger partial charge < -0.3 is 24.5 Å². The van der Waals surface area contributed by atoms with Crippen LogP contribution in [0, 0.1) is 5.92 Å². The SMILES string of the molecule is CCCCCC(C(=O)NCNC(=O)c1ccc(-c2cc(OCCC)cc(C(=O)OC)c2)o1)C(CC)N(O)C=O. The molecule has 0 aliphatic carbocycles. The number of benzene rings is 1. The summed E-state index contributed by atoms with van der Waals surface area (Å²) in [4.78, 5) is 48.8. The summed E-state index contributed by atoms with van der Waals surface area (Å²) in [6.45, 7) is 6.08. The van der Waals surface area contributed by atoms with Crippen molar-refractivity contribution in [3.63, 3.8) is 0 Å². The average molecular weight is 546 g/mol. The molecule has 11 heteroatoms. The van der Waals surface area contributed by atoms with Crippen molar-refractivity contribution in [2.45, 2.75) is 65.3 Å². The first-order valence-corrected chi connectivity index (χ1v) is 13.2. The van der Waals surface area contributed by atoms with Crippen molar-refractivity contribution >= 4 is 24.2 Å². The Morgan fingerprint density at radius 1 is 1.08 bits per heavy atom. The molecular weight excluding hydrogens is 506 g/mol. The van der Waals surface area contributed by atoms with Crippen LogP contribution < -0.4 is 15.4 Å². The Kier molecular flexibility index (Phi) is 13.0. The molecule has 1 aromatic carbocycles. The summed E-state index contributed by atoms with van der Waals surface area (Å²) in [5.74, 6) is -1.28. The van der Waals surface area contributed by atoms with E-state index in [0.717, 1.165) is 25.7 Å². The van der Waals surface area contributed by atoms with Crippen molar-refractivity contribution in [2.24, 2.45) is 5.92 Å². The highest BCUT2D eigenvalue weighted by atomic mass is 16.5. The zero-order valence-corrected chi connectivity index (χ0v) is 23.0. The summed E-state index contributed by atoms with van der Waals surface area (Å²) < 4.78 is 16.2. The number of hydroxylamine groups is 2. The van der Waals surface area contributed by atoms with E-state index in [1.54, 1.807) is 31.2 Å². The van der Waals surface area contributed by atoms with Gasteiger partial charge in [0.25, 0.3) is 5.91 Å². The molecule has 2 atom stereocenters. The minimum absolute atomic E-state index is 0.00663. The fourth-order valence-corrected chi connectivity index (χ4v) is 4.17. The summed E-state index contributed by atoms with van der Waals surface area (Å²) in [5, 5.41) is 15.7. The maximum Gasteiger partial charge on any atom is 0.338 e. The summed E-state index contributed by atoms with van der Waals surface area (Å²) >= 11 is 0.